The van der Waals surface area contributed by atoms with Crippen molar-refractivity contribution < 1.29 is 4.79 Å². The van der Waals surface area contributed by atoms with E-state index in [2.05, 4.69) is 17.4 Å². The second-order valence-corrected chi connectivity index (χ2v) is 9.54. The Morgan fingerprint density at radius 3 is 2.53 bits per heavy atom. The number of amidine groups is 1. The lowest BCUT2D eigenvalue weighted by molar-refractivity contribution is -0.116. The lowest BCUT2D eigenvalue weighted by atomic mass is 10.1. The minimum absolute atomic E-state index is 0.174. The molecule has 0 unspecified atom stereocenters. The van der Waals surface area contributed by atoms with Crippen molar-refractivity contribution in [1.29, 1.82) is 0 Å². The molecule has 2 aliphatic rings. The van der Waals surface area contributed by atoms with Crippen LogP contribution in [0.2, 0.25) is 5.02 Å². The third-order valence-electron chi connectivity index (χ3n) is 5.22. The zero-order chi connectivity index (χ0) is 22.1. The molecule has 160 valence electrons. The Morgan fingerprint density at radius 2 is 1.78 bits per heavy atom. The standard InChI is InChI=1S/C24H19ClN4OS2/c1-31-18-12-8-16(9-13-18)22-26-20-5-3-2-4-19(20)21-23(30)27-24(28-29(21)22)32-14-15-6-10-17(25)11-7-15/h2-13,22H,14H2,1H3,(H,27,28,30)/t22-/m1/s1. The summed E-state index contributed by atoms with van der Waals surface area (Å²) in [7, 11) is 0. The lowest BCUT2D eigenvalue weighted by Gasteiger charge is -2.34. The molecule has 0 fully saturated rings. The van der Waals surface area contributed by atoms with Crippen molar-refractivity contribution >= 4 is 51.9 Å². The van der Waals surface area contributed by atoms with Gasteiger partial charge in [0, 0.05) is 20.9 Å². The minimum Gasteiger partial charge on any atom is -0.298 e. The topological polar surface area (TPSA) is 57.1 Å². The Balaban J connectivity index is 1.53. The predicted octanol–water partition coefficient (Wildman–Crippen LogP) is 4.14. The summed E-state index contributed by atoms with van der Waals surface area (Å²) >= 11 is 9.15. The third kappa shape index (κ3) is 4.16. The Bertz CT molecular complexity index is 1320. The number of hydrazone groups is 1. The molecule has 32 heavy (non-hydrogen) atoms. The predicted molar refractivity (Wildman–Crippen MR) is 132 cm³/mol. The molecule has 3 aromatic rings. The van der Waals surface area contributed by atoms with Gasteiger partial charge in [-0.2, -0.15) is 0 Å². The summed E-state index contributed by atoms with van der Waals surface area (Å²) in [5, 5.41) is 12.3. The van der Waals surface area contributed by atoms with Crippen molar-refractivity contribution in [2.75, 3.05) is 6.26 Å². The van der Waals surface area contributed by atoms with Gasteiger partial charge in [0.25, 0.3) is 5.91 Å². The summed E-state index contributed by atoms with van der Waals surface area (Å²) in [6, 6.07) is 23.6. The van der Waals surface area contributed by atoms with E-state index >= 15 is 0 Å². The van der Waals surface area contributed by atoms with Gasteiger partial charge in [-0.3, -0.25) is 15.1 Å². The number of nitrogens with one attached hydrogen (secondary N) is 1. The van der Waals surface area contributed by atoms with E-state index in [1.807, 2.05) is 66.9 Å². The zero-order valence-corrected chi connectivity index (χ0v) is 19.5. The number of para-hydroxylation sites is 1. The maximum Gasteiger partial charge on any atom is 0.276 e. The maximum absolute atomic E-state index is 13.2. The quantitative estimate of drug-likeness (QED) is 0.573. The number of carbonyl (C=O) groups is 1. The highest BCUT2D eigenvalue weighted by molar-refractivity contribution is 8.13. The van der Waals surface area contributed by atoms with Crippen LogP contribution in [0.4, 0.5) is 0 Å². The number of thioether (sulfide) groups is 2. The Morgan fingerprint density at radius 1 is 1.03 bits per heavy atom. The molecule has 0 saturated heterocycles. The second kappa shape index (κ2) is 9.02. The van der Waals surface area contributed by atoms with Crippen molar-refractivity contribution in [2.24, 2.45) is 10.1 Å². The van der Waals surface area contributed by atoms with Crippen molar-refractivity contribution in [3.05, 3.63) is 99.5 Å². The first-order valence-corrected chi connectivity index (χ1v) is 12.6. The summed E-state index contributed by atoms with van der Waals surface area (Å²) in [5.41, 5.74) is 2.60. The van der Waals surface area contributed by atoms with Gasteiger partial charge in [0.15, 0.2) is 11.3 Å². The summed E-state index contributed by atoms with van der Waals surface area (Å²) in [5.74, 6) is 0.493. The average molecular weight is 479 g/mol. The molecule has 5 nitrogen and oxygen atoms in total. The van der Waals surface area contributed by atoms with E-state index in [9.17, 15) is 4.79 Å². The maximum atomic E-state index is 13.2. The number of amides is 1. The molecule has 1 atom stereocenters. The van der Waals surface area contributed by atoms with E-state index in [4.69, 9.17) is 21.7 Å². The number of fused-ring (bicyclic) bond motifs is 2. The fraction of sp³-hybridized carbons (Fsp3) is 0.125. The summed E-state index contributed by atoms with van der Waals surface area (Å²) < 4.78 is 0. The van der Waals surface area contributed by atoms with E-state index in [-0.39, 0.29) is 5.91 Å². The van der Waals surface area contributed by atoms with Gasteiger partial charge in [0.05, 0.1) is 5.36 Å². The van der Waals surface area contributed by atoms with Crippen LogP contribution in [0.5, 0.6) is 0 Å². The van der Waals surface area contributed by atoms with Gasteiger partial charge in [0.1, 0.15) is 5.70 Å². The fourth-order valence-electron chi connectivity index (χ4n) is 3.62. The lowest BCUT2D eigenvalue weighted by Crippen LogP contribution is -2.50. The monoisotopic (exact) mass is 478 g/mol. The smallest absolute Gasteiger partial charge is 0.276 e. The van der Waals surface area contributed by atoms with E-state index in [1.54, 1.807) is 16.8 Å². The van der Waals surface area contributed by atoms with Gasteiger partial charge < -0.3 is 0 Å². The van der Waals surface area contributed by atoms with Gasteiger partial charge >= 0.3 is 0 Å². The van der Waals surface area contributed by atoms with Gasteiger partial charge in [-0.15, -0.1) is 16.9 Å². The minimum atomic E-state index is -0.409. The molecule has 5 rings (SSSR count). The molecule has 3 aromatic carbocycles. The fourth-order valence-corrected chi connectivity index (χ4v) is 4.96. The number of halogens is 1. The van der Waals surface area contributed by atoms with Crippen molar-refractivity contribution in [2.45, 2.75) is 16.8 Å². The van der Waals surface area contributed by atoms with Crippen molar-refractivity contribution in [3.63, 3.8) is 0 Å². The van der Waals surface area contributed by atoms with E-state index < -0.39 is 6.17 Å². The van der Waals surface area contributed by atoms with E-state index in [0.717, 1.165) is 21.7 Å². The van der Waals surface area contributed by atoms with Crippen LogP contribution in [0.15, 0.2) is 87.8 Å². The normalized spacial score (nSPS) is 17.1. The largest absolute Gasteiger partial charge is 0.298 e. The summed E-state index contributed by atoms with van der Waals surface area (Å²) in [4.78, 5) is 19.3. The number of nitrogens with zero attached hydrogens (tertiary/aromatic N) is 3. The molecule has 1 amide bonds. The molecule has 0 aromatic heterocycles. The average Bonchev–Trinajstić information content (AvgIpc) is 2.83. The molecule has 2 heterocycles. The highest BCUT2D eigenvalue weighted by atomic mass is 35.5. The Hall–Kier alpha value is -2.74. The molecule has 0 radical (unpaired) electrons. The zero-order valence-electron chi connectivity index (χ0n) is 17.2. The SMILES string of the molecule is CSc1ccc([C@@H]2N=c3ccccc3=C3C(=O)NC(SCc4ccc(Cl)cc4)=NN32)cc1. The molecule has 8 heteroatoms. The number of benzene rings is 3. The van der Waals surface area contributed by atoms with Crippen molar-refractivity contribution in [3.8, 4) is 0 Å². The van der Waals surface area contributed by atoms with Crippen LogP contribution in [-0.4, -0.2) is 22.3 Å². The van der Waals surface area contributed by atoms with Crippen LogP contribution >= 0.6 is 35.1 Å². The van der Waals surface area contributed by atoms with Crippen LogP contribution < -0.4 is 15.9 Å². The number of carbonyl (C=O) groups excluding carboxylic acids is 1. The molecule has 0 spiro atoms. The van der Waals surface area contributed by atoms with Crippen molar-refractivity contribution in [1.82, 2.24) is 10.3 Å². The van der Waals surface area contributed by atoms with Crippen LogP contribution in [0.25, 0.3) is 5.70 Å². The summed E-state index contributed by atoms with van der Waals surface area (Å²) in [6.45, 7) is 0. The number of hydrogen-bond acceptors (Lipinski definition) is 6. The van der Waals surface area contributed by atoms with Gasteiger partial charge in [-0.1, -0.05) is 65.8 Å². The first kappa shape index (κ1) is 21.1. The van der Waals surface area contributed by atoms with Crippen LogP contribution in [0, 0.1) is 0 Å². The number of rotatable bonds is 4. The van der Waals surface area contributed by atoms with Crippen LogP contribution in [0.1, 0.15) is 17.3 Å². The molecule has 1 N–H and O–H groups in total. The molecular formula is C24H19ClN4OS2. The van der Waals surface area contributed by atoms with E-state index in [0.29, 0.717) is 21.6 Å². The van der Waals surface area contributed by atoms with Gasteiger partial charge in [-0.25, -0.2) is 5.01 Å². The van der Waals surface area contributed by atoms with Gasteiger partial charge in [-0.05, 0) is 47.7 Å². The summed E-state index contributed by atoms with van der Waals surface area (Å²) in [6.07, 6.45) is 1.64. The van der Waals surface area contributed by atoms with E-state index in [1.165, 1.54) is 16.7 Å². The van der Waals surface area contributed by atoms with Crippen LogP contribution in [-0.2, 0) is 10.5 Å². The highest BCUT2D eigenvalue weighted by Crippen LogP contribution is 2.32. The molecule has 0 saturated carbocycles. The Labute approximate surface area is 199 Å². The third-order valence-corrected chi connectivity index (χ3v) is 7.15. The highest BCUT2D eigenvalue weighted by Gasteiger charge is 2.34. The second-order valence-electron chi connectivity index (χ2n) is 7.26. The van der Waals surface area contributed by atoms with Crippen LogP contribution in [0.3, 0.4) is 0 Å². The molecule has 2 aliphatic heterocycles. The molecule has 0 aliphatic carbocycles. The first-order valence-electron chi connectivity index (χ1n) is 10.00. The molecular weight excluding hydrogens is 460 g/mol. The first-order chi connectivity index (χ1) is 15.6. The number of hydrogen-bond donors (Lipinski definition) is 1. The molecule has 0 bridgehead atoms. The Kier molecular flexibility index (Phi) is 5.95. The van der Waals surface area contributed by atoms with Gasteiger partial charge in [0.2, 0.25) is 0 Å².